The first kappa shape index (κ1) is 20.1. The fourth-order valence-electron chi connectivity index (χ4n) is 2.99. The fourth-order valence-corrected chi connectivity index (χ4v) is 3.69. The summed E-state index contributed by atoms with van der Waals surface area (Å²) < 4.78 is 1.68. The highest BCUT2D eigenvalue weighted by Gasteiger charge is 2.15. The monoisotopic (exact) mass is 395 g/mol. The molecule has 0 aliphatic rings. The van der Waals surface area contributed by atoms with Crippen molar-refractivity contribution in [2.24, 2.45) is 0 Å². The van der Waals surface area contributed by atoms with Gasteiger partial charge in [-0.05, 0) is 73.4 Å². The number of hydrogen-bond acceptors (Lipinski definition) is 5. The number of amides is 1. The first-order chi connectivity index (χ1) is 13.3. The lowest BCUT2D eigenvalue weighted by molar-refractivity contribution is -0.119. The number of carbonyl (C=O) groups excluding carboxylic acids is 1. The van der Waals surface area contributed by atoms with Crippen molar-refractivity contribution >= 4 is 17.7 Å². The van der Waals surface area contributed by atoms with Gasteiger partial charge in [0.25, 0.3) is 0 Å². The van der Waals surface area contributed by atoms with Crippen molar-refractivity contribution < 1.29 is 4.79 Å². The van der Waals surface area contributed by atoms with Crippen LogP contribution in [0, 0.1) is 27.7 Å². The Balaban J connectivity index is 1.64. The van der Waals surface area contributed by atoms with Crippen molar-refractivity contribution in [3.63, 3.8) is 0 Å². The molecule has 2 aromatic carbocycles. The number of rotatable bonds is 6. The van der Waals surface area contributed by atoms with Crippen LogP contribution >= 0.6 is 11.8 Å². The summed E-state index contributed by atoms with van der Waals surface area (Å²) in [5.74, 6) is 0.200. The van der Waals surface area contributed by atoms with E-state index in [1.807, 2.05) is 32.9 Å². The van der Waals surface area contributed by atoms with Gasteiger partial charge in [-0.25, -0.2) is 0 Å². The number of aryl methyl sites for hydroxylation is 4. The highest BCUT2D eigenvalue weighted by Crippen LogP contribution is 2.22. The number of hydrogen-bond donors (Lipinski definition) is 1. The van der Waals surface area contributed by atoms with E-state index in [-0.39, 0.29) is 17.7 Å². The van der Waals surface area contributed by atoms with Gasteiger partial charge in [0.15, 0.2) is 0 Å². The van der Waals surface area contributed by atoms with Crippen LogP contribution in [0.3, 0.4) is 0 Å². The molecule has 7 heteroatoms. The van der Waals surface area contributed by atoms with Gasteiger partial charge in [-0.3, -0.25) is 4.79 Å². The number of tetrazole rings is 1. The lowest BCUT2D eigenvalue weighted by Gasteiger charge is -2.15. The molecule has 6 nitrogen and oxygen atoms in total. The number of nitrogens with one attached hydrogen (secondary N) is 1. The van der Waals surface area contributed by atoms with Crippen molar-refractivity contribution in [3.8, 4) is 5.69 Å². The lowest BCUT2D eigenvalue weighted by atomic mass is 10.0. The van der Waals surface area contributed by atoms with Gasteiger partial charge in [-0.15, -0.1) is 5.10 Å². The van der Waals surface area contributed by atoms with Crippen LogP contribution in [-0.4, -0.2) is 31.9 Å². The van der Waals surface area contributed by atoms with E-state index in [4.69, 9.17) is 0 Å². The highest BCUT2D eigenvalue weighted by atomic mass is 32.2. The minimum absolute atomic E-state index is 0.0501. The Morgan fingerprint density at radius 1 is 1.07 bits per heavy atom. The van der Waals surface area contributed by atoms with E-state index < -0.39 is 0 Å². The van der Waals surface area contributed by atoms with E-state index in [1.54, 1.807) is 4.68 Å². The van der Waals surface area contributed by atoms with Gasteiger partial charge in [0.1, 0.15) is 0 Å². The van der Waals surface area contributed by atoms with Gasteiger partial charge in [0, 0.05) is 0 Å². The van der Waals surface area contributed by atoms with Gasteiger partial charge in [-0.2, -0.15) is 4.68 Å². The van der Waals surface area contributed by atoms with E-state index >= 15 is 0 Å². The maximum Gasteiger partial charge on any atom is 0.230 e. The topological polar surface area (TPSA) is 72.7 Å². The van der Waals surface area contributed by atoms with Gasteiger partial charge >= 0.3 is 0 Å². The average Bonchev–Trinajstić information content (AvgIpc) is 3.10. The summed E-state index contributed by atoms with van der Waals surface area (Å²) >= 11 is 1.33. The second-order valence-electron chi connectivity index (χ2n) is 7.08. The summed E-state index contributed by atoms with van der Waals surface area (Å²) in [6, 6.07) is 12.3. The molecule has 0 aliphatic heterocycles. The second-order valence-corrected chi connectivity index (χ2v) is 8.03. The summed E-state index contributed by atoms with van der Waals surface area (Å²) in [7, 11) is 0. The summed E-state index contributed by atoms with van der Waals surface area (Å²) in [5, 5.41) is 15.6. The van der Waals surface area contributed by atoms with Gasteiger partial charge in [0.05, 0.1) is 17.5 Å². The Labute approximate surface area is 169 Å². The third-order valence-electron chi connectivity index (χ3n) is 4.76. The Morgan fingerprint density at radius 2 is 1.86 bits per heavy atom. The Kier molecular flexibility index (Phi) is 6.14. The zero-order valence-electron chi connectivity index (χ0n) is 16.9. The lowest BCUT2D eigenvalue weighted by Crippen LogP contribution is -2.28. The molecule has 3 aromatic rings. The van der Waals surface area contributed by atoms with Crippen molar-refractivity contribution in [2.75, 3.05) is 5.75 Å². The predicted octanol–water partition coefficient (Wildman–Crippen LogP) is 3.87. The van der Waals surface area contributed by atoms with Crippen molar-refractivity contribution in [1.29, 1.82) is 0 Å². The van der Waals surface area contributed by atoms with E-state index in [1.165, 1.54) is 28.5 Å². The summed E-state index contributed by atoms with van der Waals surface area (Å²) in [4.78, 5) is 12.4. The molecule has 1 amide bonds. The van der Waals surface area contributed by atoms with Crippen molar-refractivity contribution in [3.05, 3.63) is 64.2 Å². The van der Waals surface area contributed by atoms with Crippen molar-refractivity contribution in [1.82, 2.24) is 25.5 Å². The largest absolute Gasteiger partial charge is 0.349 e. The van der Waals surface area contributed by atoms with E-state index in [0.717, 1.165) is 16.8 Å². The molecule has 1 atom stereocenters. The van der Waals surface area contributed by atoms with E-state index in [2.05, 4.69) is 59.0 Å². The molecule has 1 heterocycles. The Bertz CT molecular complexity index is 998. The summed E-state index contributed by atoms with van der Waals surface area (Å²) in [5.41, 5.74) is 6.76. The number of thioether (sulfide) groups is 1. The number of nitrogens with zero attached hydrogens (tertiary/aromatic N) is 4. The first-order valence-electron chi connectivity index (χ1n) is 9.20. The molecule has 0 saturated carbocycles. The molecular formula is C21H25N5OS. The van der Waals surface area contributed by atoms with Gasteiger partial charge in [-0.1, -0.05) is 47.7 Å². The molecule has 0 saturated heterocycles. The summed E-state index contributed by atoms with van der Waals surface area (Å²) in [6.45, 7) is 10.2. The summed E-state index contributed by atoms with van der Waals surface area (Å²) in [6.07, 6.45) is 0. The number of aromatic nitrogens is 4. The molecule has 1 N–H and O–H groups in total. The van der Waals surface area contributed by atoms with Gasteiger partial charge < -0.3 is 5.32 Å². The molecule has 0 aliphatic carbocycles. The van der Waals surface area contributed by atoms with E-state index in [0.29, 0.717) is 5.16 Å². The standard InChI is InChI=1S/C21H25N5OS/c1-13-6-9-19(16(4)10-13)26-21(23-24-25-26)28-12-20(27)22-17(5)18-8-7-14(2)15(3)11-18/h6-11,17H,12H2,1-5H3,(H,22,27). The Hall–Kier alpha value is -2.67. The quantitative estimate of drug-likeness (QED) is 0.642. The van der Waals surface area contributed by atoms with Crippen LogP contribution in [0.2, 0.25) is 0 Å². The molecule has 0 fully saturated rings. The number of benzene rings is 2. The maximum absolute atomic E-state index is 12.4. The normalized spacial score (nSPS) is 12.0. The van der Waals surface area contributed by atoms with Crippen molar-refractivity contribution in [2.45, 2.75) is 45.8 Å². The zero-order valence-corrected chi connectivity index (χ0v) is 17.7. The maximum atomic E-state index is 12.4. The van der Waals surface area contributed by atoms with Crippen LogP contribution in [0.1, 0.15) is 40.8 Å². The average molecular weight is 396 g/mol. The van der Waals surface area contributed by atoms with Crippen LogP contribution in [0.4, 0.5) is 0 Å². The molecule has 3 rings (SSSR count). The van der Waals surface area contributed by atoms with Crippen LogP contribution in [0.15, 0.2) is 41.6 Å². The molecule has 0 spiro atoms. The number of carbonyl (C=O) groups is 1. The van der Waals surface area contributed by atoms with Crippen LogP contribution in [-0.2, 0) is 4.79 Å². The molecule has 0 bridgehead atoms. The van der Waals surface area contributed by atoms with E-state index in [9.17, 15) is 4.79 Å². The molecule has 28 heavy (non-hydrogen) atoms. The first-order valence-corrected chi connectivity index (χ1v) is 10.2. The minimum atomic E-state index is -0.0530. The Morgan fingerprint density at radius 3 is 2.57 bits per heavy atom. The smallest absolute Gasteiger partial charge is 0.230 e. The zero-order chi connectivity index (χ0) is 20.3. The molecule has 1 aromatic heterocycles. The van der Waals surface area contributed by atoms with Gasteiger partial charge in [0.2, 0.25) is 11.1 Å². The molecule has 146 valence electrons. The highest BCUT2D eigenvalue weighted by molar-refractivity contribution is 7.99. The third-order valence-corrected chi connectivity index (χ3v) is 5.68. The minimum Gasteiger partial charge on any atom is -0.349 e. The van der Waals surface area contributed by atoms with Crippen LogP contribution in [0.5, 0.6) is 0 Å². The molecule has 0 radical (unpaired) electrons. The molecule has 1 unspecified atom stereocenters. The second kappa shape index (κ2) is 8.56. The predicted molar refractivity (Wildman–Crippen MR) is 112 cm³/mol. The van der Waals surface area contributed by atoms with Crippen LogP contribution < -0.4 is 5.32 Å². The molecular weight excluding hydrogens is 370 g/mol. The third kappa shape index (κ3) is 4.59. The SMILES string of the molecule is Cc1ccc(-n2nnnc2SCC(=O)NC(C)c2ccc(C)c(C)c2)c(C)c1. The fraction of sp³-hybridized carbons (Fsp3) is 0.333. The van der Waals surface area contributed by atoms with Crippen LogP contribution in [0.25, 0.3) is 5.69 Å².